The summed E-state index contributed by atoms with van der Waals surface area (Å²) in [5.74, 6) is 0.686. The number of fused-ring (bicyclic) bond motifs is 1. The number of rotatable bonds is 6. The molecule has 0 spiro atoms. The Hall–Kier alpha value is -3.12. The highest BCUT2D eigenvalue weighted by Crippen LogP contribution is 2.22. The van der Waals surface area contributed by atoms with E-state index in [1.165, 1.54) is 0 Å². The number of nitrogens with zero attached hydrogens (tertiary/aromatic N) is 1. The van der Waals surface area contributed by atoms with Crippen LogP contribution in [0.5, 0.6) is 5.75 Å². The average Bonchev–Trinajstić information content (AvgIpc) is 3.29. The predicted octanol–water partition coefficient (Wildman–Crippen LogP) is 3.86. The normalized spacial score (nSPS) is 15.9. The molecule has 2 aromatic carbocycles. The van der Waals surface area contributed by atoms with Gasteiger partial charge in [0.25, 0.3) is 11.5 Å². The summed E-state index contributed by atoms with van der Waals surface area (Å²) in [5, 5.41) is 0.995. The van der Waals surface area contributed by atoms with Gasteiger partial charge in [-0.1, -0.05) is 18.2 Å². The van der Waals surface area contributed by atoms with E-state index in [0.717, 1.165) is 39.8 Å². The number of amides is 1. The minimum atomic E-state index is -0.442. The van der Waals surface area contributed by atoms with E-state index in [1.54, 1.807) is 12.0 Å². The Morgan fingerprint density at radius 2 is 1.94 bits per heavy atom. The lowest BCUT2D eigenvalue weighted by atomic mass is 10.0. The molecule has 0 radical (unpaired) electrons. The first-order chi connectivity index (χ1) is 14.9. The van der Waals surface area contributed by atoms with E-state index < -0.39 is 6.10 Å². The van der Waals surface area contributed by atoms with Gasteiger partial charge in [0.15, 0.2) is 0 Å². The molecule has 3 aromatic rings. The first kappa shape index (κ1) is 21.1. The van der Waals surface area contributed by atoms with E-state index in [2.05, 4.69) is 11.1 Å². The number of ether oxygens (including phenoxy) is 2. The molecular weight excluding hydrogens is 392 g/mol. The molecule has 6 heteroatoms. The number of methoxy groups -OCH3 is 1. The molecule has 0 aliphatic carbocycles. The van der Waals surface area contributed by atoms with E-state index in [0.29, 0.717) is 25.1 Å². The van der Waals surface area contributed by atoms with Crippen LogP contribution in [-0.2, 0) is 22.6 Å². The molecule has 1 fully saturated rings. The van der Waals surface area contributed by atoms with Crippen LogP contribution in [0.1, 0.15) is 35.1 Å². The van der Waals surface area contributed by atoms with Crippen LogP contribution >= 0.6 is 0 Å². The zero-order chi connectivity index (χ0) is 22.0. The van der Waals surface area contributed by atoms with Crippen LogP contribution in [-0.4, -0.2) is 35.6 Å². The standard InChI is InChI=1S/C25H28N2O4/c1-16-11-17(2)21-13-19(24(28)26-22(21)12-16)15-27(25(29)23-5-4-10-31-23)14-18-6-8-20(30-3)9-7-18/h6-9,11-13,23H,4-5,10,14-15H2,1-3H3,(H,26,28)/t23-/m1/s1. The van der Waals surface area contributed by atoms with Crippen LogP contribution in [0.25, 0.3) is 10.9 Å². The number of aromatic nitrogens is 1. The first-order valence-electron chi connectivity index (χ1n) is 10.6. The molecule has 1 saturated heterocycles. The third kappa shape index (κ3) is 4.64. The molecule has 162 valence electrons. The average molecular weight is 421 g/mol. The summed E-state index contributed by atoms with van der Waals surface area (Å²) in [4.78, 5) is 30.8. The monoisotopic (exact) mass is 420 g/mol. The summed E-state index contributed by atoms with van der Waals surface area (Å²) in [7, 11) is 1.62. The van der Waals surface area contributed by atoms with Crippen LogP contribution in [0.2, 0.25) is 0 Å². The molecule has 1 atom stereocenters. The van der Waals surface area contributed by atoms with Crippen molar-refractivity contribution in [3.63, 3.8) is 0 Å². The van der Waals surface area contributed by atoms with Gasteiger partial charge in [0.05, 0.1) is 13.7 Å². The fraction of sp³-hybridized carbons (Fsp3) is 0.360. The number of H-pyrrole nitrogens is 1. The van der Waals surface area contributed by atoms with Crippen molar-refractivity contribution in [2.75, 3.05) is 13.7 Å². The van der Waals surface area contributed by atoms with Gasteiger partial charge < -0.3 is 19.4 Å². The van der Waals surface area contributed by atoms with E-state index in [4.69, 9.17) is 9.47 Å². The van der Waals surface area contributed by atoms with Crippen molar-refractivity contribution < 1.29 is 14.3 Å². The summed E-state index contributed by atoms with van der Waals surface area (Å²) < 4.78 is 10.9. The number of carbonyl (C=O) groups is 1. The number of aromatic amines is 1. The Morgan fingerprint density at radius 3 is 2.61 bits per heavy atom. The second kappa shape index (κ2) is 8.94. The molecule has 4 rings (SSSR count). The van der Waals surface area contributed by atoms with Crippen molar-refractivity contribution >= 4 is 16.8 Å². The van der Waals surface area contributed by atoms with Gasteiger partial charge >= 0.3 is 0 Å². The maximum atomic E-state index is 13.2. The maximum Gasteiger partial charge on any atom is 0.253 e. The molecule has 1 aliphatic heterocycles. The molecule has 1 N–H and O–H groups in total. The molecule has 2 heterocycles. The van der Waals surface area contributed by atoms with Gasteiger partial charge in [-0.15, -0.1) is 0 Å². The van der Waals surface area contributed by atoms with E-state index >= 15 is 0 Å². The summed E-state index contributed by atoms with van der Waals surface area (Å²) >= 11 is 0. The quantitative estimate of drug-likeness (QED) is 0.657. The number of benzene rings is 2. The largest absolute Gasteiger partial charge is 0.497 e. The molecule has 1 aromatic heterocycles. The predicted molar refractivity (Wildman–Crippen MR) is 120 cm³/mol. The van der Waals surface area contributed by atoms with Crippen molar-refractivity contribution in [2.24, 2.45) is 0 Å². The SMILES string of the molecule is COc1ccc(CN(Cc2cc3c(C)cc(C)cc3[nH]c2=O)C(=O)[C@H]2CCCO2)cc1. The van der Waals surface area contributed by atoms with Crippen molar-refractivity contribution in [1.29, 1.82) is 0 Å². The van der Waals surface area contributed by atoms with Gasteiger partial charge in [0.1, 0.15) is 11.9 Å². The third-order valence-corrected chi connectivity index (χ3v) is 5.80. The second-order valence-corrected chi connectivity index (χ2v) is 8.21. The Labute approximate surface area is 181 Å². The third-order valence-electron chi connectivity index (χ3n) is 5.80. The van der Waals surface area contributed by atoms with Crippen molar-refractivity contribution in [3.05, 3.63) is 75.1 Å². The second-order valence-electron chi connectivity index (χ2n) is 8.21. The number of carbonyl (C=O) groups excluding carboxylic acids is 1. The van der Waals surface area contributed by atoms with Crippen molar-refractivity contribution in [3.8, 4) is 5.75 Å². The number of hydrogen-bond donors (Lipinski definition) is 1. The Kier molecular flexibility index (Phi) is 6.09. The summed E-state index contributed by atoms with van der Waals surface area (Å²) in [6.07, 6.45) is 1.15. The lowest BCUT2D eigenvalue weighted by molar-refractivity contribution is -0.142. The van der Waals surface area contributed by atoms with Crippen LogP contribution in [0.4, 0.5) is 0 Å². The van der Waals surface area contributed by atoms with Crippen LogP contribution in [0.3, 0.4) is 0 Å². The topological polar surface area (TPSA) is 71.6 Å². The van der Waals surface area contributed by atoms with Gasteiger partial charge in [-0.25, -0.2) is 0 Å². The molecule has 0 unspecified atom stereocenters. The maximum absolute atomic E-state index is 13.2. The molecule has 1 amide bonds. The number of nitrogens with one attached hydrogen (secondary N) is 1. The highest BCUT2D eigenvalue weighted by atomic mass is 16.5. The minimum absolute atomic E-state index is 0.0755. The Bertz CT molecular complexity index is 1140. The number of hydrogen-bond acceptors (Lipinski definition) is 4. The van der Waals surface area contributed by atoms with Gasteiger partial charge in [0.2, 0.25) is 0 Å². The minimum Gasteiger partial charge on any atom is -0.497 e. The van der Waals surface area contributed by atoms with E-state index in [-0.39, 0.29) is 18.0 Å². The fourth-order valence-corrected chi connectivity index (χ4v) is 4.18. The van der Waals surface area contributed by atoms with Crippen LogP contribution in [0.15, 0.2) is 47.3 Å². The molecule has 1 aliphatic rings. The fourth-order valence-electron chi connectivity index (χ4n) is 4.18. The molecule has 0 saturated carbocycles. The highest BCUT2D eigenvalue weighted by molar-refractivity contribution is 5.84. The zero-order valence-corrected chi connectivity index (χ0v) is 18.2. The van der Waals surface area contributed by atoms with Crippen molar-refractivity contribution in [1.82, 2.24) is 9.88 Å². The van der Waals surface area contributed by atoms with Crippen LogP contribution < -0.4 is 10.3 Å². The number of pyridine rings is 1. The Balaban J connectivity index is 1.66. The molecule has 0 bridgehead atoms. The summed E-state index contributed by atoms with van der Waals surface area (Å²) in [6.45, 7) is 5.26. The summed E-state index contributed by atoms with van der Waals surface area (Å²) in [5.41, 5.74) is 4.38. The Morgan fingerprint density at radius 1 is 1.16 bits per heavy atom. The summed E-state index contributed by atoms with van der Waals surface area (Å²) in [6, 6.07) is 13.6. The first-order valence-corrected chi connectivity index (χ1v) is 10.6. The van der Waals surface area contributed by atoms with Gasteiger partial charge in [-0.05, 0) is 67.6 Å². The molecule has 31 heavy (non-hydrogen) atoms. The lowest BCUT2D eigenvalue weighted by Crippen LogP contribution is -2.39. The van der Waals surface area contributed by atoms with Gasteiger partial charge in [0, 0.05) is 29.6 Å². The highest BCUT2D eigenvalue weighted by Gasteiger charge is 2.29. The smallest absolute Gasteiger partial charge is 0.253 e. The lowest BCUT2D eigenvalue weighted by Gasteiger charge is -2.25. The molecular formula is C25H28N2O4. The zero-order valence-electron chi connectivity index (χ0n) is 18.2. The van der Waals surface area contributed by atoms with Crippen molar-refractivity contribution in [2.45, 2.75) is 45.9 Å². The van der Waals surface area contributed by atoms with Gasteiger partial charge in [-0.3, -0.25) is 9.59 Å². The van der Waals surface area contributed by atoms with E-state index in [9.17, 15) is 9.59 Å². The van der Waals surface area contributed by atoms with Crippen LogP contribution in [0, 0.1) is 13.8 Å². The number of aryl methyl sites for hydroxylation is 2. The van der Waals surface area contributed by atoms with Gasteiger partial charge in [-0.2, -0.15) is 0 Å². The molecule has 6 nitrogen and oxygen atoms in total. The van der Waals surface area contributed by atoms with E-state index in [1.807, 2.05) is 50.2 Å².